The first-order valence-corrected chi connectivity index (χ1v) is 11.0. The van der Waals surface area contributed by atoms with E-state index in [0.29, 0.717) is 32.6 Å². The topological polar surface area (TPSA) is 58.4 Å². The maximum atomic E-state index is 13.1. The van der Waals surface area contributed by atoms with Crippen LogP contribution in [0.2, 0.25) is 10.0 Å². The zero-order valence-corrected chi connectivity index (χ0v) is 19.9. The molecule has 1 saturated heterocycles. The van der Waals surface area contributed by atoms with Gasteiger partial charge in [0.2, 0.25) is 5.43 Å². The van der Waals surface area contributed by atoms with E-state index in [4.69, 9.17) is 27.6 Å². The van der Waals surface area contributed by atoms with Crippen LogP contribution in [-0.2, 0) is 0 Å². The van der Waals surface area contributed by atoms with Gasteiger partial charge < -0.3 is 14.6 Å². The third kappa shape index (κ3) is 3.84. The molecule has 5 rings (SSSR count). The molecule has 8 heteroatoms. The van der Waals surface area contributed by atoms with Gasteiger partial charge in [-0.15, -0.1) is 12.4 Å². The standard InChI is InChI=1S/C24H21Cl2N3O2.ClH/c1-13-11-28-22-23(30)21-16(25)4-3-5-19(21)31-24(22)20(13)15-6-7-18(17(26)10-15)29-9-8-27-14(2)12-29;/h3-7,10-11,14,27H,8-9,12H2,1-2H3;1H/t14-;/m0./s1. The Bertz CT molecular complexity index is 1390. The molecular formula is C24H22Cl3N3O2. The van der Waals surface area contributed by atoms with Crippen molar-refractivity contribution in [1.29, 1.82) is 0 Å². The number of nitrogens with zero attached hydrogens (tertiary/aromatic N) is 2. The van der Waals surface area contributed by atoms with Gasteiger partial charge in [0.1, 0.15) is 5.58 Å². The zero-order valence-electron chi connectivity index (χ0n) is 17.6. The number of piperazine rings is 1. The highest BCUT2D eigenvalue weighted by molar-refractivity contribution is 6.35. The lowest BCUT2D eigenvalue weighted by Gasteiger charge is -2.34. The molecule has 0 bridgehead atoms. The summed E-state index contributed by atoms with van der Waals surface area (Å²) >= 11 is 13.0. The fourth-order valence-electron chi connectivity index (χ4n) is 4.31. The maximum Gasteiger partial charge on any atom is 0.220 e. The molecule has 3 heterocycles. The monoisotopic (exact) mass is 489 g/mol. The van der Waals surface area contributed by atoms with Crippen molar-refractivity contribution in [1.82, 2.24) is 10.3 Å². The molecule has 32 heavy (non-hydrogen) atoms. The number of halogens is 3. The van der Waals surface area contributed by atoms with Crippen LogP contribution >= 0.6 is 35.6 Å². The van der Waals surface area contributed by atoms with E-state index in [1.54, 1.807) is 24.4 Å². The fourth-order valence-corrected chi connectivity index (χ4v) is 4.86. The molecule has 0 amide bonds. The van der Waals surface area contributed by atoms with Gasteiger partial charge in [-0.25, -0.2) is 4.98 Å². The van der Waals surface area contributed by atoms with Gasteiger partial charge in [0.25, 0.3) is 0 Å². The van der Waals surface area contributed by atoms with Crippen LogP contribution < -0.4 is 15.6 Å². The minimum atomic E-state index is -0.236. The normalized spacial score (nSPS) is 16.4. The lowest BCUT2D eigenvalue weighted by atomic mass is 9.99. The summed E-state index contributed by atoms with van der Waals surface area (Å²) < 4.78 is 6.17. The smallest absolute Gasteiger partial charge is 0.220 e. The summed E-state index contributed by atoms with van der Waals surface area (Å²) in [6, 6.07) is 11.6. The Labute approximate surface area is 201 Å². The highest BCUT2D eigenvalue weighted by atomic mass is 35.5. The number of benzene rings is 2. The molecule has 1 fully saturated rings. The van der Waals surface area contributed by atoms with Crippen LogP contribution in [0.4, 0.5) is 5.69 Å². The number of aryl methyl sites for hydroxylation is 1. The molecule has 1 aliphatic rings. The summed E-state index contributed by atoms with van der Waals surface area (Å²) in [5.74, 6) is 0. The Morgan fingerprint density at radius 1 is 1.19 bits per heavy atom. The number of aromatic nitrogens is 1. The summed E-state index contributed by atoms with van der Waals surface area (Å²) in [4.78, 5) is 19.8. The van der Waals surface area contributed by atoms with Gasteiger partial charge in [0.15, 0.2) is 11.1 Å². The van der Waals surface area contributed by atoms with Gasteiger partial charge in [-0.3, -0.25) is 4.79 Å². The molecule has 166 valence electrons. The van der Waals surface area contributed by atoms with Crippen molar-refractivity contribution in [2.75, 3.05) is 24.5 Å². The molecule has 2 aromatic heterocycles. The van der Waals surface area contributed by atoms with Crippen molar-refractivity contribution in [2.45, 2.75) is 19.9 Å². The Morgan fingerprint density at radius 2 is 2.00 bits per heavy atom. The summed E-state index contributed by atoms with van der Waals surface area (Å²) in [6.07, 6.45) is 1.69. The molecule has 1 atom stereocenters. The van der Waals surface area contributed by atoms with Crippen LogP contribution in [0.1, 0.15) is 12.5 Å². The van der Waals surface area contributed by atoms with Crippen molar-refractivity contribution < 1.29 is 4.42 Å². The first kappa shape index (κ1) is 22.9. The Morgan fingerprint density at radius 3 is 2.75 bits per heavy atom. The number of fused-ring (bicyclic) bond motifs is 2. The van der Waals surface area contributed by atoms with Crippen molar-refractivity contribution in [2.24, 2.45) is 0 Å². The molecular weight excluding hydrogens is 469 g/mol. The van der Waals surface area contributed by atoms with E-state index < -0.39 is 0 Å². The zero-order chi connectivity index (χ0) is 21.7. The number of pyridine rings is 1. The lowest BCUT2D eigenvalue weighted by molar-refractivity contribution is 0.485. The number of anilines is 1. The van der Waals surface area contributed by atoms with Gasteiger partial charge in [-0.2, -0.15) is 0 Å². The van der Waals surface area contributed by atoms with E-state index in [1.807, 2.05) is 25.1 Å². The second-order valence-corrected chi connectivity index (χ2v) is 8.82. The van der Waals surface area contributed by atoms with Gasteiger partial charge in [-0.1, -0.05) is 35.3 Å². The Hall–Kier alpha value is -2.31. The highest BCUT2D eigenvalue weighted by Crippen LogP contribution is 2.37. The van der Waals surface area contributed by atoms with Gasteiger partial charge >= 0.3 is 0 Å². The SMILES string of the molecule is Cc1cnc2c(=O)c3c(Cl)cccc3oc2c1-c1ccc(N2CCN[C@@H](C)C2)c(Cl)c1.Cl. The van der Waals surface area contributed by atoms with Crippen LogP contribution in [0.15, 0.2) is 51.8 Å². The minimum absolute atomic E-state index is 0. The summed E-state index contributed by atoms with van der Waals surface area (Å²) in [5, 5.41) is 4.82. The third-order valence-corrected chi connectivity index (χ3v) is 6.42. The quantitative estimate of drug-likeness (QED) is 0.358. The molecule has 1 N–H and O–H groups in total. The Kier molecular flexibility index (Phi) is 6.37. The first-order chi connectivity index (χ1) is 14.9. The van der Waals surface area contributed by atoms with Crippen LogP contribution in [0, 0.1) is 6.92 Å². The van der Waals surface area contributed by atoms with Crippen molar-refractivity contribution in [3.63, 3.8) is 0 Å². The van der Waals surface area contributed by atoms with E-state index in [-0.39, 0.29) is 23.4 Å². The fraction of sp³-hybridized carbons (Fsp3) is 0.250. The van der Waals surface area contributed by atoms with Gasteiger partial charge in [-0.05, 0) is 49.2 Å². The van der Waals surface area contributed by atoms with Crippen LogP contribution in [0.5, 0.6) is 0 Å². The highest BCUT2D eigenvalue weighted by Gasteiger charge is 2.21. The number of nitrogens with one attached hydrogen (secondary N) is 1. The maximum absolute atomic E-state index is 13.1. The molecule has 5 nitrogen and oxygen atoms in total. The average molecular weight is 491 g/mol. The molecule has 1 aliphatic heterocycles. The second kappa shape index (κ2) is 8.91. The molecule has 0 aliphatic carbocycles. The predicted octanol–water partition coefficient (Wildman–Crippen LogP) is 5.84. The van der Waals surface area contributed by atoms with Crippen LogP contribution in [0.3, 0.4) is 0 Å². The lowest BCUT2D eigenvalue weighted by Crippen LogP contribution is -2.49. The molecule has 0 radical (unpaired) electrons. The van der Waals surface area contributed by atoms with Crippen molar-refractivity contribution in [3.05, 3.63) is 68.4 Å². The predicted molar refractivity (Wildman–Crippen MR) is 135 cm³/mol. The van der Waals surface area contributed by atoms with E-state index in [1.165, 1.54) is 0 Å². The van der Waals surface area contributed by atoms with Crippen LogP contribution in [-0.4, -0.2) is 30.7 Å². The molecule has 2 aromatic carbocycles. The van der Waals surface area contributed by atoms with E-state index in [0.717, 1.165) is 42.0 Å². The average Bonchev–Trinajstić information content (AvgIpc) is 2.73. The summed E-state index contributed by atoms with van der Waals surface area (Å²) in [6.45, 7) is 6.84. The molecule has 4 aromatic rings. The van der Waals surface area contributed by atoms with E-state index >= 15 is 0 Å². The summed E-state index contributed by atoms with van der Waals surface area (Å²) in [5.41, 5.74) is 4.51. The summed E-state index contributed by atoms with van der Waals surface area (Å²) in [7, 11) is 0. The van der Waals surface area contributed by atoms with Gasteiger partial charge in [0, 0.05) is 37.4 Å². The number of hydrogen-bond acceptors (Lipinski definition) is 5. The van der Waals surface area contributed by atoms with E-state index in [2.05, 4.69) is 22.1 Å². The van der Waals surface area contributed by atoms with E-state index in [9.17, 15) is 4.79 Å². The van der Waals surface area contributed by atoms with Crippen LogP contribution in [0.25, 0.3) is 33.2 Å². The van der Waals surface area contributed by atoms with Crippen molar-refractivity contribution in [3.8, 4) is 11.1 Å². The van der Waals surface area contributed by atoms with Gasteiger partial charge in [0.05, 0.1) is 21.1 Å². The number of rotatable bonds is 2. The second-order valence-electron chi connectivity index (χ2n) is 8.01. The largest absolute Gasteiger partial charge is 0.453 e. The Balaban J connectivity index is 0.00000245. The molecule has 0 saturated carbocycles. The first-order valence-electron chi connectivity index (χ1n) is 10.2. The minimum Gasteiger partial charge on any atom is -0.453 e. The van der Waals surface area contributed by atoms with Crippen molar-refractivity contribution >= 4 is 63.4 Å². The third-order valence-electron chi connectivity index (χ3n) is 5.80. The molecule has 0 spiro atoms. The molecule has 0 unspecified atom stereocenters. The number of hydrogen-bond donors (Lipinski definition) is 1.